The predicted octanol–water partition coefficient (Wildman–Crippen LogP) is 1.87. The van der Waals surface area contributed by atoms with Crippen LogP contribution in [0.3, 0.4) is 0 Å². The second-order valence-corrected chi connectivity index (χ2v) is 6.25. The first-order valence-electron chi connectivity index (χ1n) is 6.47. The van der Waals surface area contributed by atoms with Crippen molar-refractivity contribution in [1.29, 1.82) is 0 Å². The molecular weight excluding hydrogens is 316 g/mol. The topological polar surface area (TPSA) is 70.1 Å². The van der Waals surface area contributed by atoms with Crippen LogP contribution in [0.1, 0.15) is 11.1 Å². The van der Waals surface area contributed by atoms with E-state index in [1.54, 1.807) is 22.7 Å². The molecule has 0 amide bonds. The van der Waals surface area contributed by atoms with Crippen LogP contribution >= 0.6 is 22.7 Å². The minimum Gasteiger partial charge on any atom is -0.336 e. The zero-order valence-electron chi connectivity index (χ0n) is 11.3. The van der Waals surface area contributed by atoms with Crippen molar-refractivity contribution >= 4 is 46.5 Å². The highest BCUT2D eigenvalue weighted by molar-refractivity contribution is 7.08. The summed E-state index contributed by atoms with van der Waals surface area (Å²) in [5, 5.41) is 11.6. The van der Waals surface area contributed by atoms with E-state index in [1.807, 2.05) is 33.7 Å². The third-order valence-electron chi connectivity index (χ3n) is 3.25. The van der Waals surface area contributed by atoms with Gasteiger partial charge in [-0.1, -0.05) is 6.58 Å². The Morgan fingerprint density at radius 1 is 1.09 bits per heavy atom. The van der Waals surface area contributed by atoms with Crippen LogP contribution in [0.2, 0.25) is 0 Å². The number of thiophene rings is 2. The first-order chi connectivity index (χ1) is 10.7. The van der Waals surface area contributed by atoms with Gasteiger partial charge in [-0.25, -0.2) is 9.98 Å². The van der Waals surface area contributed by atoms with E-state index < -0.39 is 0 Å². The molecule has 0 bridgehead atoms. The second-order valence-electron chi connectivity index (χ2n) is 4.69. The molecule has 3 aromatic rings. The van der Waals surface area contributed by atoms with Crippen LogP contribution in [-0.2, 0) is 0 Å². The van der Waals surface area contributed by atoms with Gasteiger partial charge in [0.15, 0.2) is 11.2 Å². The molecule has 0 aromatic carbocycles. The van der Waals surface area contributed by atoms with Crippen molar-refractivity contribution in [1.82, 2.24) is 9.97 Å². The quantitative estimate of drug-likeness (QED) is 0.755. The van der Waals surface area contributed by atoms with E-state index >= 15 is 0 Å². The fourth-order valence-electron chi connectivity index (χ4n) is 2.27. The molecule has 0 radical (unpaired) electrons. The lowest BCUT2D eigenvalue weighted by Crippen LogP contribution is -2.39. The first-order valence-corrected chi connectivity index (χ1v) is 8.35. The van der Waals surface area contributed by atoms with Crippen molar-refractivity contribution < 1.29 is 0 Å². The average molecular weight is 326 g/mol. The number of anilines is 1. The largest absolute Gasteiger partial charge is 0.336 e. The molecule has 0 saturated heterocycles. The Balaban J connectivity index is 2.05. The first kappa shape index (κ1) is 13.2. The molecule has 2 N–H and O–H groups in total. The lowest BCUT2D eigenvalue weighted by molar-refractivity contribution is 1.01. The van der Waals surface area contributed by atoms with Gasteiger partial charge in [0.1, 0.15) is 5.48 Å². The molecule has 0 aliphatic carbocycles. The number of fused-ring (bicyclic) bond motifs is 1. The third kappa shape index (κ3) is 2.11. The highest BCUT2D eigenvalue weighted by atomic mass is 32.1. The molecule has 1 aliphatic rings. The molecule has 0 atom stereocenters. The molecule has 22 heavy (non-hydrogen) atoms. The Bertz CT molecular complexity index is 1030. The van der Waals surface area contributed by atoms with Gasteiger partial charge in [0.05, 0.1) is 11.4 Å². The Morgan fingerprint density at radius 2 is 1.82 bits per heavy atom. The lowest BCUT2D eigenvalue weighted by Gasteiger charge is -2.17. The molecule has 0 spiro atoms. The lowest BCUT2D eigenvalue weighted by atomic mass is 10.1. The number of aromatic nitrogens is 2. The molecule has 0 saturated carbocycles. The van der Waals surface area contributed by atoms with E-state index in [0.29, 0.717) is 11.3 Å². The standard InChI is InChI=1S/C15H10N4OS2/c1-8-16-14-13(15(20)17-8)18-11(9-2-4-21-6-9)12(19-14)10-3-5-22-7-10/h2-7H,1H2,(H,16,19)(H,17,20). The minimum atomic E-state index is -0.292. The van der Waals surface area contributed by atoms with Crippen LogP contribution in [0.15, 0.2) is 43.4 Å². The Labute approximate surface area is 133 Å². The number of rotatable bonds is 2. The summed E-state index contributed by atoms with van der Waals surface area (Å²) in [4.78, 5) is 23.5. The summed E-state index contributed by atoms with van der Waals surface area (Å²) < 4.78 is 0. The SMILES string of the molecule is C=c1nc2c(c(=O)[nH]1)=NC(c1ccsc1)=C(c1ccsc1)N2. The van der Waals surface area contributed by atoms with Gasteiger partial charge in [-0.05, 0) is 22.9 Å². The summed E-state index contributed by atoms with van der Waals surface area (Å²) in [6.07, 6.45) is 0. The van der Waals surface area contributed by atoms with E-state index in [2.05, 4.69) is 26.9 Å². The molecule has 0 fully saturated rings. The van der Waals surface area contributed by atoms with Crippen LogP contribution < -0.4 is 21.7 Å². The summed E-state index contributed by atoms with van der Waals surface area (Å²) in [5.41, 5.74) is 3.62. The van der Waals surface area contributed by atoms with Gasteiger partial charge in [0, 0.05) is 21.9 Å². The van der Waals surface area contributed by atoms with Crippen molar-refractivity contribution in [3.63, 3.8) is 0 Å². The highest BCUT2D eigenvalue weighted by Gasteiger charge is 2.19. The maximum atomic E-state index is 12.1. The summed E-state index contributed by atoms with van der Waals surface area (Å²) in [6.45, 7) is 3.69. The average Bonchev–Trinajstić information content (AvgIpc) is 3.19. The van der Waals surface area contributed by atoms with E-state index in [9.17, 15) is 4.79 Å². The number of hydrogen-bond donors (Lipinski definition) is 2. The molecule has 4 rings (SSSR count). The molecule has 3 aromatic heterocycles. The normalized spacial score (nSPS) is 13.5. The number of nitrogens with one attached hydrogen (secondary N) is 2. The van der Waals surface area contributed by atoms with Crippen LogP contribution in [0.25, 0.3) is 18.0 Å². The number of nitrogens with zero attached hydrogens (tertiary/aromatic N) is 2. The van der Waals surface area contributed by atoms with Crippen molar-refractivity contribution in [2.75, 3.05) is 5.32 Å². The molecule has 0 unspecified atom stereocenters. The monoisotopic (exact) mass is 326 g/mol. The number of H-pyrrole nitrogens is 1. The van der Waals surface area contributed by atoms with Gasteiger partial charge in [0.25, 0.3) is 5.56 Å². The molecule has 5 nitrogen and oxygen atoms in total. The Morgan fingerprint density at radius 3 is 2.50 bits per heavy atom. The predicted molar refractivity (Wildman–Crippen MR) is 90.2 cm³/mol. The summed E-state index contributed by atoms with van der Waals surface area (Å²) in [7, 11) is 0. The van der Waals surface area contributed by atoms with Crippen LogP contribution in [0.4, 0.5) is 5.82 Å². The van der Waals surface area contributed by atoms with E-state index in [4.69, 9.17) is 0 Å². The van der Waals surface area contributed by atoms with Crippen molar-refractivity contribution in [3.8, 4) is 0 Å². The van der Waals surface area contributed by atoms with Crippen molar-refractivity contribution in [3.05, 3.63) is 66.0 Å². The molecule has 1 aliphatic heterocycles. The van der Waals surface area contributed by atoms with E-state index in [-0.39, 0.29) is 10.9 Å². The summed E-state index contributed by atoms with van der Waals surface area (Å²) in [5.74, 6) is 0.439. The Kier molecular flexibility index (Phi) is 3.02. The highest BCUT2D eigenvalue weighted by Crippen LogP contribution is 2.31. The smallest absolute Gasteiger partial charge is 0.279 e. The van der Waals surface area contributed by atoms with Crippen molar-refractivity contribution in [2.45, 2.75) is 0 Å². The van der Waals surface area contributed by atoms with Gasteiger partial charge < -0.3 is 10.3 Å². The van der Waals surface area contributed by atoms with Crippen molar-refractivity contribution in [2.24, 2.45) is 4.99 Å². The van der Waals surface area contributed by atoms with Gasteiger partial charge in [0.2, 0.25) is 0 Å². The van der Waals surface area contributed by atoms with Gasteiger partial charge in [-0.15, -0.1) is 0 Å². The molecular formula is C15H10N4OS2. The summed E-state index contributed by atoms with van der Waals surface area (Å²) in [6, 6.07) is 4.00. The minimum absolute atomic E-state index is 0.285. The van der Waals surface area contributed by atoms with Gasteiger partial charge in [-0.3, -0.25) is 4.79 Å². The van der Waals surface area contributed by atoms with Crippen LogP contribution in [0.5, 0.6) is 0 Å². The Hall–Kier alpha value is -2.51. The van der Waals surface area contributed by atoms with Crippen LogP contribution in [0, 0.1) is 0 Å². The van der Waals surface area contributed by atoms with Gasteiger partial charge >= 0.3 is 0 Å². The molecule has 108 valence electrons. The fourth-order valence-corrected chi connectivity index (χ4v) is 3.56. The second kappa shape index (κ2) is 5.04. The third-order valence-corrected chi connectivity index (χ3v) is 4.62. The number of aromatic amines is 1. The maximum Gasteiger partial charge on any atom is 0.279 e. The number of hydrogen-bond acceptors (Lipinski definition) is 6. The zero-order chi connectivity index (χ0) is 15.1. The summed E-state index contributed by atoms with van der Waals surface area (Å²) >= 11 is 3.20. The van der Waals surface area contributed by atoms with Crippen LogP contribution in [-0.4, -0.2) is 9.97 Å². The van der Waals surface area contributed by atoms with Gasteiger partial charge in [-0.2, -0.15) is 22.7 Å². The maximum absolute atomic E-state index is 12.1. The van der Waals surface area contributed by atoms with E-state index in [0.717, 1.165) is 22.5 Å². The van der Waals surface area contributed by atoms with E-state index in [1.165, 1.54) is 0 Å². The fraction of sp³-hybridized carbons (Fsp3) is 0. The zero-order valence-corrected chi connectivity index (χ0v) is 12.9. The molecule has 7 heteroatoms. The molecule has 4 heterocycles.